The summed E-state index contributed by atoms with van der Waals surface area (Å²) in [6.07, 6.45) is 0. The van der Waals surface area contributed by atoms with Crippen LogP contribution in [0.2, 0.25) is 0 Å². The van der Waals surface area contributed by atoms with E-state index in [1.807, 2.05) is 30.4 Å². The van der Waals surface area contributed by atoms with Crippen molar-refractivity contribution < 1.29 is 23.7 Å². The number of fused-ring (bicyclic) bond motifs is 3. The first-order valence-electron chi connectivity index (χ1n) is 9.30. The van der Waals surface area contributed by atoms with E-state index in [0.29, 0.717) is 12.3 Å². The van der Waals surface area contributed by atoms with Crippen molar-refractivity contribution >= 4 is 22.8 Å². The molecule has 0 atom stereocenters. The van der Waals surface area contributed by atoms with Gasteiger partial charge in [-0.2, -0.15) is 4.40 Å². The Morgan fingerprint density at radius 1 is 1.35 bits per heavy atom. The predicted octanol–water partition coefficient (Wildman–Crippen LogP) is 0.108. The molecule has 7 nitrogen and oxygen atoms in total. The van der Waals surface area contributed by atoms with Gasteiger partial charge in [0.25, 0.3) is 0 Å². The summed E-state index contributed by atoms with van der Waals surface area (Å²) in [5.41, 5.74) is 3.55. The molecule has 138 valence electrons. The van der Waals surface area contributed by atoms with Crippen molar-refractivity contribution in [1.29, 1.82) is 0 Å². The Bertz CT molecular complexity index is 937. The molecule has 1 aliphatic rings. The molecule has 1 fully saturated rings. The number of carbonyl (C=O) groups is 1. The second kappa shape index (κ2) is 7.09. The van der Waals surface area contributed by atoms with E-state index in [1.54, 1.807) is 4.90 Å². The van der Waals surface area contributed by atoms with Gasteiger partial charge < -0.3 is 14.4 Å². The fraction of sp³-hybridized carbons (Fsp3) is 0.474. The van der Waals surface area contributed by atoms with E-state index >= 15 is 0 Å². The van der Waals surface area contributed by atoms with Gasteiger partial charge in [0, 0.05) is 0 Å². The standard InChI is InChI=1S/C19H24N4O3/c1-3-26-18(24)17-14(2)20-19-22(9-8-21-10-12-25-13-11-21)15-6-4-5-7-16(15)23(17)19/h4-7H,3,8-13H2,1-2H3/p+2. The molecule has 1 aliphatic heterocycles. The average Bonchev–Trinajstić information content (AvgIpc) is 3.14. The predicted molar refractivity (Wildman–Crippen MR) is 96.5 cm³/mol. The third-order valence-electron chi connectivity index (χ3n) is 5.12. The van der Waals surface area contributed by atoms with E-state index in [2.05, 4.69) is 21.7 Å². The molecule has 3 heterocycles. The molecule has 0 spiro atoms. The van der Waals surface area contributed by atoms with Gasteiger partial charge in [-0.25, -0.2) is 14.3 Å². The molecule has 0 bridgehead atoms. The highest BCUT2D eigenvalue weighted by Crippen LogP contribution is 2.20. The minimum Gasteiger partial charge on any atom is -0.460 e. The number of nitrogens with one attached hydrogen (secondary N) is 2. The van der Waals surface area contributed by atoms with Crippen LogP contribution >= 0.6 is 0 Å². The normalized spacial score (nSPS) is 15.8. The Kier molecular flexibility index (Phi) is 4.65. The van der Waals surface area contributed by atoms with Crippen molar-refractivity contribution in [2.24, 2.45) is 0 Å². The van der Waals surface area contributed by atoms with Crippen LogP contribution in [0.5, 0.6) is 0 Å². The minimum absolute atomic E-state index is 0.289. The Morgan fingerprint density at radius 2 is 2.12 bits per heavy atom. The van der Waals surface area contributed by atoms with Crippen molar-refractivity contribution in [2.75, 3.05) is 39.5 Å². The maximum atomic E-state index is 12.5. The summed E-state index contributed by atoms with van der Waals surface area (Å²) in [5.74, 6) is 0.641. The van der Waals surface area contributed by atoms with E-state index in [-0.39, 0.29) is 5.97 Å². The quantitative estimate of drug-likeness (QED) is 0.503. The van der Waals surface area contributed by atoms with Crippen LogP contribution in [-0.2, 0) is 16.0 Å². The molecule has 0 saturated carbocycles. The Hall–Kier alpha value is -2.38. The molecule has 0 aliphatic carbocycles. The number of ether oxygens (including phenoxy) is 2. The van der Waals surface area contributed by atoms with E-state index < -0.39 is 0 Å². The third-order valence-corrected chi connectivity index (χ3v) is 5.12. The zero-order chi connectivity index (χ0) is 18.1. The molecule has 3 aromatic rings. The first-order chi connectivity index (χ1) is 12.7. The number of imidazole rings is 2. The number of aromatic nitrogens is 3. The Balaban J connectivity index is 1.78. The summed E-state index contributed by atoms with van der Waals surface area (Å²) < 4.78 is 15.0. The summed E-state index contributed by atoms with van der Waals surface area (Å²) in [6.45, 7) is 9.80. The molecular weight excluding hydrogens is 332 g/mol. The molecule has 26 heavy (non-hydrogen) atoms. The monoisotopic (exact) mass is 358 g/mol. The van der Waals surface area contributed by atoms with Gasteiger partial charge in [0.1, 0.15) is 42.9 Å². The van der Waals surface area contributed by atoms with Crippen molar-refractivity contribution in [3.63, 3.8) is 0 Å². The fourth-order valence-electron chi connectivity index (χ4n) is 3.82. The topological polar surface area (TPSA) is 64.0 Å². The lowest BCUT2D eigenvalue weighted by Gasteiger charge is -2.23. The van der Waals surface area contributed by atoms with Gasteiger partial charge in [-0.15, -0.1) is 0 Å². The van der Waals surface area contributed by atoms with Crippen molar-refractivity contribution in [2.45, 2.75) is 20.4 Å². The highest BCUT2D eigenvalue weighted by Gasteiger charge is 2.30. The molecule has 0 radical (unpaired) electrons. The number of nitrogens with zero attached hydrogens (tertiary/aromatic N) is 2. The van der Waals surface area contributed by atoms with Crippen molar-refractivity contribution in [1.82, 2.24) is 9.38 Å². The Morgan fingerprint density at radius 3 is 2.88 bits per heavy atom. The second-order valence-electron chi connectivity index (χ2n) is 6.73. The third kappa shape index (κ3) is 2.87. The molecule has 4 rings (SSSR count). The summed E-state index contributed by atoms with van der Waals surface area (Å²) in [5, 5.41) is 0. The maximum Gasteiger partial charge on any atom is 0.374 e. The van der Waals surface area contributed by atoms with E-state index in [4.69, 9.17) is 9.47 Å². The highest BCUT2D eigenvalue weighted by molar-refractivity contribution is 5.92. The summed E-state index contributed by atoms with van der Waals surface area (Å²) in [4.78, 5) is 17.5. The first kappa shape index (κ1) is 17.1. The molecule has 1 saturated heterocycles. The van der Waals surface area contributed by atoms with Gasteiger partial charge in [-0.1, -0.05) is 12.1 Å². The van der Waals surface area contributed by atoms with Crippen molar-refractivity contribution in [3.05, 3.63) is 35.7 Å². The Labute approximate surface area is 152 Å². The van der Waals surface area contributed by atoms with Crippen molar-refractivity contribution in [3.8, 4) is 0 Å². The number of hydrogen-bond acceptors (Lipinski definition) is 3. The lowest BCUT2D eigenvalue weighted by atomic mass is 10.3. The van der Waals surface area contributed by atoms with Crippen LogP contribution in [0.4, 0.5) is 0 Å². The SMILES string of the molecule is CCOC(=O)c1c(C)[nH]c2n1c1ccccc1[n+]2CC[NH+]1CCOCC1. The van der Waals surface area contributed by atoms with Gasteiger partial charge in [0.05, 0.1) is 19.8 Å². The molecule has 2 aromatic heterocycles. The van der Waals surface area contributed by atoms with Gasteiger partial charge in [-0.05, 0) is 26.0 Å². The molecule has 7 heteroatoms. The molecule has 0 amide bonds. The molecule has 2 N–H and O–H groups in total. The van der Waals surface area contributed by atoms with Crippen LogP contribution in [-0.4, -0.2) is 54.8 Å². The van der Waals surface area contributed by atoms with E-state index in [9.17, 15) is 4.79 Å². The summed E-state index contributed by atoms with van der Waals surface area (Å²) in [7, 11) is 0. The van der Waals surface area contributed by atoms with Gasteiger partial charge in [0.15, 0.2) is 0 Å². The number of esters is 1. The van der Waals surface area contributed by atoms with Crippen LogP contribution < -0.4 is 9.47 Å². The minimum atomic E-state index is -0.289. The number of para-hydroxylation sites is 2. The molecule has 1 aromatic carbocycles. The van der Waals surface area contributed by atoms with Crippen LogP contribution in [0.3, 0.4) is 0 Å². The average molecular weight is 358 g/mol. The molecular formula is C19H26N4O3+2. The van der Waals surface area contributed by atoms with E-state index in [0.717, 1.165) is 61.9 Å². The number of H-pyrrole nitrogens is 1. The number of benzene rings is 1. The van der Waals surface area contributed by atoms with Crippen LogP contribution in [0.25, 0.3) is 16.8 Å². The smallest absolute Gasteiger partial charge is 0.374 e. The number of aromatic amines is 1. The fourth-order valence-corrected chi connectivity index (χ4v) is 3.82. The summed E-state index contributed by atoms with van der Waals surface area (Å²) >= 11 is 0. The second-order valence-corrected chi connectivity index (χ2v) is 6.73. The zero-order valence-corrected chi connectivity index (χ0v) is 15.4. The van der Waals surface area contributed by atoms with Crippen LogP contribution in [0.1, 0.15) is 23.1 Å². The van der Waals surface area contributed by atoms with Gasteiger partial charge >= 0.3 is 11.7 Å². The lowest BCUT2D eigenvalue weighted by molar-refractivity contribution is -0.923. The number of rotatable bonds is 5. The first-order valence-corrected chi connectivity index (χ1v) is 9.30. The zero-order valence-electron chi connectivity index (χ0n) is 15.4. The van der Waals surface area contributed by atoms with E-state index in [1.165, 1.54) is 0 Å². The number of hydrogen-bond donors (Lipinski definition) is 2. The largest absolute Gasteiger partial charge is 0.460 e. The summed E-state index contributed by atoms with van der Waals surface area (Å²) in [6, 6.07) is 8.20. The van der Waals surface area contributed by atoms with Gasteiger partial charge in [0.2, 0.25) is 5.69 Å². The highest BCUT2D eigenvalue weighted by atomic mass is 16.5. The maximum absolute atomic E-state index is 12.5. The number of aryl methyl sites for hydroxylation is 1. The number of morpholine rings is 1. The van der Waals surface area contributed by atoms with Crippen LogP contribution in [0, 0.1) is 6.92 Å². The number of carbonyl (C=O) groups excluding carboxylic acids is 1. The molecule has 0 unspecified atom stereocenters. The lowest BCUT2D eigenvalue weighted by Crippen LogP contribution is -3.14. The van der Waals surface area contributed by atoms with Crippen LogP contribution in [0.15, 0.2) is 24.3 Å². The van der Waals surface area contributed by atoms with Gasteiger partial charge in [-0.3, -0.25) is 0 Å². The number of quaternary nitrogens is 1.